The van der Waals surface area contributed by atoms with Crippen molar-refractivity contribution in [2.45, 2.75) is 46.4 Å². The summed E-state index contributed by atoms with van der Waals surface area (Å²) >= 11 is 1.61. The number of thioether (sulfide) groups is 1. The van der Waals surface area contributed by atoms with Crippen LogP contribution in [0.4, 0.5) is 4.39 Å². The van der Waals surface area contributed by atoms with Gasteiger partial charge in [0, 0.05) is 35.9 Å². The monoisotopic (exact) mass is 377 g/mol. The van der Waals surface area contributed by atoms with Crippen LogP contribution in [0.15, 0.2) is 24.3 Å². The van der Waals surface area contributed by atoms with Crippen molar-refractivity contribution in [3.8, 4) is 0 Å². The molecule has 6 heteroatoms. The Balaban J connectivity index is 1.75. The third kappa shape index (κ3) is 5.87. The molecule has 142 valence electrons. The molecule has 0 unspecified atom stereocenters. The van der Waals surface area contributed by atoms with E-state index in [0.717, 1.165) is 29.2 Å². The summed E-state index contributed by atoms with van der Waals surface area (Å²) in [6.45, 7) is 9.73. The summed E-state index contributed by atoms with van der Waals surface area (Å²) in [4.78, 5) is 12.2. The molecule has 4 nitrogen and oxygen atoms in total. The molecule has 1 aromatic heterocycles. The topological polar surface area (TPSA) is 46.9 Å². The highest BCUT2D eigenvalue weighted by Crippen LogP contribution is 2.16. The number of rotatable bonds is 9. The first-order chi connectivity index (χ1) is 12.4. The molecular formula is C20H28FN3OS. The Morgan fingerprint density at radius 3 is 2.73 bits per heavy atom. The summed E-state index contributed by atoms with van der Waals surface area (Å²) in [5.41, 5.74) is 3.71. The van der Waals surface area contributed by atoms with E-state index in [2.05, 4.69) is 24.3 Å². The standard InChI is InChI=1S/C20H28FN3OS/c1-14(2)12-24-16(4)18(15(3)23-24)11-20(25)22-9-10-26-13-17-7-5-6-8-19(17)21/h5-8,14H,9-13H2,1-4H3,(H,22,25). The highest BCUT2D eigenvalue weighted by molar-refractivity contribution is 7.98. The molecule has 0 aliphatic rings. The molecule has 1 aromatic carbocycles. The molecule has 2 rings (SSSR count). The van der Waals surface area contributed by atoms with Gasteiger partial charge in [0.25, 0.3) is 0 Å². The Morgan fingerprint density at radius 2 is 2.04 bits per heavy atom. The average Bonchev–Trinajstić information content (AvgIpc) is 2.83. The van der Waals surface area contributed by atoms with E-state index in [4.69, 9.17) is 0 Å². The number of carbonyl (C=O) groups is 1. The first-order valence-electron chi connectivity index (χ1n) is 8.99. The van der Waals surface area contributed by atoms with Crippen LogP contribution in [0, 0.1) is 25.6 Å². The molecule has 0 aliphatic heterocycles. The second-order valence-electron chi connectivity index (χ2n) is 6.90. The molecule has 1 N–H and O–H groups in total. The minimum Gasteiger partial charge on any atom is -0.355 e. The maximum absolute atomic E-state index is 13.5. The summed E-state index contributed by atoms with van der Waals surface area (Å²) in [5, 5.41) is 7.50. The van der Waals surface area contributed by atoms with Crippen molar-refractivity contribution in [3.63, 3.8) is 0 Å². The van der Waals surface area contributed by atoms with Gasteiger partial charge in [0.05, 0.1) is 12.1 Å². The van der Waals surface area contributed by atoms with Crippen LogP contribution in [-0.4, -0.2) is 28.0 Å². The van der Waals surface area contributed by atoms with Crippen molar-refractivity contribution < 1.29 is 9.18 Å². The van der Waals surface area contributed by atoms with Crippen LogP contribution >= 0.6 is 11.8 Å². The smallest absolute Gasteiger partial charge is 0.224 e. The van der Waals surface area contributed by atoms with Gasteiger partial charge in [-0.15, -0.1) is 0 Å². The fourth-order valence-electron chi connectivity index (χ4n) is 2.80. The van der Waals surface area contributed by atoms with Crippen LogP contribution in [0.2, 0.25) is 0 Å². The fourth-order valence-corrected chi connectivity index (χ4v) is 3.64. The molecule has 0 bridgehead atoms. The second-order valence-corrected chi connectivity index (χ2v) is 8.00. The van der Waals surface area contributed by atoms with E-state index in [-0.39, 0.29) is 11.7 Å². The van der Waals surface area contributed by atoms with Gasteiger partial charge in [-0.25, -0.2) is 4.39 Å². The van der Waals surface area contributed by atoms with Gasteiger partial charge < -0.3 is 5.32 Å². The molecule has 0 aliphatic carbocycles. The van der Waals surface area contributed by atoms with Gasteiger partial charge in [0.1, 0.15) is 5.82 Å². The van der Waals surface area contributed by atoms with E-state index in [1.54, 1.807) is 23.9 Å². The van der Waals surface area contributed by atoms with E-state index in [1.165, 1.54) is 6.07 Å². The van der Waals surface area contributed by atoms with Gasteiger partial charge >= 0.3 is 0 Å². The number of hydrogen-bond acceptors (Lipinski definition) is 3. The van der Waals surface area contributed by atoms with E-state index in [9.17, 15) is 9.18 Å². The number of aromatic nitrogens is 2. The van der Waals surface area contributed by atoms with Crippen LogP contribution < -0.4 is 5.32 Å². The molecule has 0 saturated heterocycles. The van der Waals surface area contributed by atoms with Gasteiger partial charge in [-0.05, 0) is 31.4 Å². The lowest BCUT2D eigenvalue weighted by atomic mass is 10.1. The zero-order valence-corrected chi connectivity index (χ0v) is 16.8. The normalized spacial score (nSPS) is 11.2. The Labute approximate surface area is 159 Å². The molecular weight excluding hydrogens is 349 g/mol. The molecule has 26 heavy (non-hydrogen) atoms. The molecule has 1 heterocycles. The van der Waals surface area contributed by atoms with Crippen LogP contribution in [-0.2, 0) is 23.5 Å². The van der Waals surface area contributed by atoms with Crippen LogP contribution in [0.3, 0.4) is 0 Å². The highest BCUT2D eigenvalue weighted by atomic mass is 32.2. The largest absolute Gasteiger partial charge is 0.355 e. The molecule has 1 amide bonds. The van der Waals surface area contributed by atoms with Crippen molar-refractivity contribution in [3.05, 3.63) is 52.6 Å². The van der Waals surface area contributed by atoms with Crippen LogP contribution in [0.25, 0.3) is 0 Å². The third-order valence-corrected chi connectivity index (χ3v) is 5.20. The van der Waals surface area contributed by atoms with Crippen LogP contribution in [0.1, 0.15) is 36.4 Å². The van der Waals surface area contributed by atoms with Gasteiger partial charge in [0.15, 0.2) is 0 Å². The SMILES string of the molecule is Cc1nn(CC(C)C)c(C)c1CC(=O)NCCSCc1ccccc1F. The summed E-state index contributed by atoms with van der Waals surface area (Å²) in [6, 6.07) is 6.80. The summed E-state index contributed by atoms with van der Waals surface area (Å²) < 4.78 is 15.5. The minimum absolute atomic E-state index is 0.00629. The van der Waals surface area contributed by atoms with Gasteiger partial charge in [0.2, 0.25) is 5.91 Å². The summed E-state index contributed by atoms with van der Waals surface area (Å²) in [5.74, 6) is 1.72. The highest BCUT2D eigenvalue weighted by Gasteiger charge is 2.15. The quantitative estimate of drug-likeness (QED) is 0.675. The number of benzene rings is 1. The zero-order valence-electron chi connectivity index (χ0n) is 16.0. The number of carbonyl (C=O) groups excluding carboxylic acids is 1. The molecule has 0 fully saturated rings. The van der Waals surface area contributed by atoms with Crippen molar-refractivity contribution >= 4 is 17.7 Å². The fraction of sp³-hybridized carbons (Fsp3) is 0.500. The second kappa shape index (κ2) is 9.76. The number of halogens is 1. The number of nitrogens with one attached hydrogen (secondary N) is 1. The van der Waals surface area contributed by atoms with E-state index < -0.39 is 0 Å². The van der Waals surface area contributed by atoms with Crippen LogP contribution in [0.5, 0.6) is 0 Å². The van der Waals surface area contributed by atoms with Gasteiger partial charge in [-0.3, -0.25) is 9.48 Å². The molecule has 2 aromatic rings. The zero-order chi connectivity index (χ0) is 19.1. The third-order valence-electron chi connectivity index (χ3n) is 4.19. The Bertz CT molecular complexity index is 743. The molecule has 0 spiro atoms. The van der Waals surface area contributed by atoms with Crippen molar-refractivity contribution in [2.24, 2.45) is 5.92 Å². The number of amides is 1. The molecule has 0 atom stereocenters. The Hall–Kier alpha value is -1.82. The number of hydrogen-bond donors (Lipinski definition) is 1. The number of aryl methyl sites for hydroxylation is 1. The first kappa shape index (κ1) is 20.5. The van der Waals surface area contributed by atoms with E-state index in [0.29, 0.717) is 30.2 Å². The van der Waals surface area contributed by atoms with Crippen molar-refractivity contribution in [2.75, 3.05) is 12.3 Å². The van der Waals surface area contributed by atoms with E-state index >= 15 is 0 Å². The van der Waals surface area contributed by atoms with Crippen molar-refractivity contribution in [1.82, 2.24) is 15.1 Å². The maximum Gasteiger partial charge on any atom is 0.224 e. The Kier molecular flexibility index (Phi) is 7.69. The predicted molar refractivity (Wildman–Crippen MR) is 106 cm³/mol. The lowest BCUT2D eigenvalue weighted by Gasteiger charge is -2.08. The van der Waals surface area contributed by atoms with Gasteiger partial charge in [-0.1, -0.05) is 32.0 Å². The number of nitrogens with zero attached hydrogens (tertiary/aromatic N) is 2. The lowest BCUT2D eigenvalue weighted by molar-refractivity contribution is -0.120. The predicted octanol–water partition coefficient (Wildman–Crippen LogP) is 3.89. The average molecular weight is 378 g/mol. The lowest BCUT2D eigenvalue weighted by Crippen LogP contribution is -2.27. The first-order valence-corrected chi connectivity index (χ1v) is 10.1. The van der Waals surface area contributed by atoms with Gasteiger partial charge in [-0.2, -0.15) is 16.9 Å². The molecule has 0 saturated carbocycles. The minimum atomic E-state index is -0.173. The molecule has 0 radical (unpaired) electrons. The summed E-state index contributed by atoms with van der Waals surface area (Å²) in [6.07, 6.45) is 0.355. The Morgan fingerprint density at radius 1 is 1.31 bits per heavy atom. The summed E-state index contributed by atoms with van der Waals surface area (Å²) in [7, 11) is 0. The van der Waals surface area contributed by atoms with E-state index in [1.807, 2.05) is 24.6 Å². The maximum atomic E-state index is 13.5. The van der Waals surface area contributed by atoms with Crippen molar-refractivity contribution in [1.29, 1.82) is 0 Å².